The smallest absolute Gasteiger partial charge is 0.399 e. The highest BCUT2D eigenvalue weighted by Gasteiger charge is 2.52. The molecular weight excluding hydrogens is 1430 g/mol. The Labute approximate surface area is 633 Å². The Balaban J connectivity index is 0.000000117. The summed E-state index contributed by atoms with van der Waals surface area (Å²) in [5, 5.41) is 21.5. The Morgan fingerprint density at radius 2 is 0.667 bits per heavy atom. The number of pyridine rings is 2. The molecule has 0 bridgehead atoms. The summed E-state index contributed by atoms with van der Waals surface area (Å²) < 4.78 is 47.8. The van der Waals surface area contributed by atoms with Crippen molar-refractivity contribution in [2.75, 3.05) is 0 Å². The Bertz CT molecular complexity index is 7010. The molecular formula is C96H70BBrN4O4P2. The molecule has 0 atom stereocenters. The second kappa shape index (κ2) is 26.4. The van der Waals surface area contributed by atoms with E-state index in [1.54, 1.807) is 0 Å². The van der Waals surface area contributed by atoms with Gasteiger partial charge in [-0.05, 0) is 165 Å². The van der Waals surface area contributed by atoms with Crippen LogP contribution in [0, 0.1) is 0 Å². The van der Waals surface area contributed by atoms with Crippen LogP contribution >= 0.6 is 30.2 Å². The summed E-state index contributed by atoms with van der Waals surface area (Å²) in [6.07, 6.45) is 0. The van der Waals surface area contributed by atoms with Crippen molar-refractivity contribution in [2.24, 2.45) is 0 Å². The van der Waals surface area contributed by atoms with E-state index >= 15 is 4.57 Å². The minimum Gasteiger partial charge on any atom is -0.399 e. The van der Waals surface area contributed by atoms with Crippen molar-refractivity contribution in [2.45, 2.75) is 38.9 Å². The van der Waals surface area contributed by atoms with E-state index in [9.17, 15) is 4.57 Å². The lowest BCUT2D eigenvalue weighted by Crippen LogP contribution is -2.41. The monoisotopic (exact) mass is 1490 g/mol. The molecule has 1 aliphatic heterocycles. The largest absolute Gasteiger partial charge is 0.494 e. The van der Waals surface area contributed by atoms with E-state index < -0.39 is 21.4 Å². The van der Waals surface area contributed by atoms with Crippen molar-refractivity contribution in [3.8, 4) is 11.1 Å². The summed E-state index contributed by atoms with van der Waals surface area (Å²) in [4.78, 5) is 10.3. The zero-order valence-electron chi connectivity index (χ0n) is 59.8. The molecule has 0 N–H and O–H groups in total. The fourth-order valence-corrected chi connectivity index (χ4v) is 21.8. The number of hydrogen-bond acceptors (Lipinski definition) is 6. The number of aromatic nitrogens is 4. The number of rotatable bonds is 8. The van der Waals surface area contributed by atoms with Crippen LogP contribution in [0.1, 0.15) is 27.7 Å². The molecule has 1 aliphatic rings. The molecule has 518 valence electrons. The van der Waals surface area contributed by atoms with Gasteiger partial charge in [-0.2, -0.15) is 0 Å². The molecule has 20 aromatic rings. The van der Waals surface area contributed by atoms with Gasteiger partial charge in [0.15, 0.2) is 14.3 Å². The van der Waals surface area contributed by atoms with Crippen LogP contribution in [0.5, 0.6) is 0 Å². The predicted molar refractivity (Wildman–Crippen MR) is 460 cm³/mol. The van der Waals surface area contributed by atoms with Gasteiger partial charge in [0.1, 0.15) is 11.3 Å². The second-order valence-corrected chi connectivity index (χ2v) is 35.5. The lowest BCUT2D eigenvalue weighted by atomic mass is 9.78. The lowest BCUT2D eigenvalue weighted by Gasteiger charge is -2.32. The minimum atomic E-state index is -3.06. The second-order valence-electron chi connectivity index (χ2n) is 29.0. The molecule has 5 heterocycles. The van der Waals surface area contributed by atoms with Crippen LogP contribution in [0.15, 0.2) is 356 Å². The number of halogens is 1. The maximum absolute atomic E-state index is 15.0. The Kier molecular flexibility index (Phi) is 16.4. The predicted octanol–water partition coefficient (Wildman–Crippen LogP) is 21.9. The number of nitrogens with zero attached hydrogens (tertiary/aromatic N) is 4. The first kappa shape index (κ1) is 67.1. The molecule has 108 heavy (non-hydrogen) atoms. The Hall–Kier alpha value is -11.6. The first-order valence-electron chi connectivity index (χ1n) is 36.5. The normalized spacial score (nSPS) is 13.7. The highest BCUT2D eigenvalue weighted by atomic mass is 79.9. The fraction of sp³-hybridized carbons (Fsp3) is 0.0625. The lowest BCUT2D eigenvalue weighted by molar-refractivity contribution is 0.00578. The van der Waals surface area contributed by atoms with E-state index in [0.717, 1.165) is 119 Å². The van der Waals surface area contributed by atoms with Crippen LogP contribution < -0.4 is 37.3 Å². The third-order valence-electron chi connectivity index (χ3n) is 22.2. The molecule has 0 amide bonds. The molecule has 8 nitrogen and oxygen atoms in total. The zero-order chi connectivity index (χ0) is 73.0. The molecule has 0 saturated carbocycles. The van der Waals surface area contributed by atoms with Crippen LogP contribution in [-0.4, -0.2) is 37.1 Å². The van der Waals surface area contributed by atoms with Gasteiger partial charge in [-0.1, -0.05) is 301 Å². The zero-order valence-corrected chi connectivity index (χ0v) is 63.1. The third kappa shape index (κ3) is 11.2. The minimum absolute atomic E-state index is 0.383. The summed E-state index contributed by atoms with van der Waals surface area (Å²) in [6, 6.07) is 121. The van der Waals surface area contributed by atoms with Gasteiger partial charge < -0.3 is 18.4 Å². The SMILES string of the molecule is CC1(C)OB(c2ccc3c4ccc5ccccc5c4c4nc5ccccc5n4c3c2)OC1(C)C.O=P(c1ccccc1)(c1ccccc1)c1ccc2cc(-c3ccc4c5ccc6ccccc6c5c5nc6ccccc6n5c4c3)ccc2c1.O=P(c1ccccc1)(c1ccccc1)c1ccc2cc(Br)ccc2c1. The van der Waals surface area contributed by atoms with Gasteiger partial charge in [0, 0.05) is 57.8 Å². The topological polar surface area (TPSA) is 87.2 Å². The summed E-state index contributed by atoms with van der Waals surface area (Å²) in [6.45, 7) is 8.37. The van der Waals surface area contributed by atoms with E-state index in [0.29, 0.717) is 0 Å². The number of fused-ring (bicyclic) bond motifs is 22. The van der Waals surface area contributed by atoms with Crippen LogP contribution in [0.4, 0.5) is 0 Å². The maximum Gasteiger partial charge on any atom is 0.494 e. The van der Waals surface area contributed by atoms with Crippen molar-refractivity contribution in [3.63, 3.8) is 0 Å². The van der Waals surface area contributed by atoms with Gasteiger partial charge in [-0.3, -0.25) is 8.80 Å². The van der Waals surface area contributed by atoms with Crippen molar-refractivity contribution in [3.05, 3.63) is 356 Å². The number of benzene rings is 16. The van der Waals surface area contributed by atoms with E-state index in [4.69, 9.17) is 19.3 Å². The van der Waals surface area contributed by atoms with Gasteiger partial charge in [0.05, 0.1) is 44.3 Å². The number of imidazole rings is 2. The molecule has 1 saturated heterocycles. The molecule has 21 rings (SSSR count). The summed E-state index contributed by atoms with van der Waals surface area (Å²) >= 11 is 3.51. The van der Waals surface area contributed by atoms with E-state index in [2.05, 4.69) is 253 Å². The van der Waals surface area contributed by atoms with Gasteiger partial charge in [-0.15, -0.1) is 0 Å². The first-order chi connectivity index (χ1) is 52.7. The fourth-order valence-electron chi connectivity index (χ4n) is 16.0. The average Bonchev–Trinajstić information content (AvgIpc) is 1.48. The number of hydrogen-bond donors (Lipinski definition) is 0. The highest BCUT2D eigenvalue weighted by Crippen LogP contribution is 2.46. The van der Waals surface area contributed by atoms with Gasteiger partial charge >= 0.3 is 7.12 Å². The summed E-state index contributed by atoms with van der Waals surface area (Å²) in [5.74, 6) is 0. The van der Waals surface area contributed by atoms with Crippen molar-refractivity contribution < 1.29 is 18.4 Å². The molecule has 16 aromatic carbocycles. The van der Waals surface area contributed by atoms with Crippen LogP contribution in [-0.2, 0) is 18.4 Å². The van der Waals surface area contributed by atoms with Gasteiger partial charge in [-0.25, -0.2) is 9.97 Å². The van der Waals surface area contributed by atoms with Gasteiger partial charge in [0.2, 0.25) is 0 Å². The van der Waals surface area contributed by atoms with Crippen LogP contribution in [0.3, 0.4) is 0 Å². The molecule has 4 aromatic heterocycles. The molecule has 12 heteroatoms. The molecule has 0 aliphatic carbocycles. The van der Waals surface area contributed by atoms with Crippen LogP contribution in [0.2, 0.25) is 0 Å². The van der Waals surface area contributed by atoms with Crippen molar-refractivity contribution >= 4 is 194 Å². The molecule has 0 radical (unpaired) electrons. The number of para-hydroxylation sites is 4. The van der Waals surface area contributed by atoms with E-state index in [1.165, 1.54) is 53.9 Å². The van der Waals surface area contributed by atoms with Crippen LogP contribution in [0.25, 0.3) is 131 Å². The van der Waals surface area contributed by atoms with Crippen molar-refractivity contribution in [1.82, 2.24) is 18.8 Å². The summed E-state index contributed by atoms with van der Waals surface area (Å²) in [7, 11) is -6.38. The molecule has 0 spiro atoms. The van der Waals surface area contributed by atoms with E-state index in [1.807, 2.05) is 152 Å². The maximum atomic E-state index is 15.0. The first-order valence-corrected chi connectivity index (χ1v) is 40.7. The molecule has 0 unspecified atom stereocenters. The Morgan fingerprint density at radius 3 is 1.16 bits per heavy atom. The highest BCUT2D eigenvalue weighted by molar-refractivity contribution is 9.10. The van der Waals surface area contributed by atoms with E-state index in [-0.39, 0.29) is 11.2 Å². The Morgan fingerprint density at radius 1 is 0.306 bits per heavy atom. The molecule has 1 fully saturated rings. The summed E-state index contributed by atoms with van der Waals surface area (Å²) in [5.41, 5.74) is 10.9. The van der Waals surface area contributed by atoms with Crippen molar-refractivity contribution in [1.29, 1.82) is 0 Å². The van der Waals surface area contributed by atoms with Gasteiger partial charge in [0.25, 0.3) is 0 Å². The third-order valence-corrected chi connectivity index (χ3v) is 28.8. The standard InChI is InChI=1S/C45H29N2OP.C29H25BN2O2.C22H16BrOP/c48-49(35-12-3-1-4-13-35,36-14-5-2-6-15-36)37-24-21-32-27-31(19-20-33(32)28-37)34-23-25-39-40-26-22-30-11-7-8-16-38(30)44(40)45-46-41-17-9-10-18-42(41)47(45)43(39)29-34;1-28(2)29(3,4)34-30(33-28)19-14-16-21-22-15-13-18-9-5-6-10-20(18)26(22)27-31-23-11-7-8-12-24(23)32(27)25(21)17-19;23-19-13-11-18-16-22(14-12-17(18)15-19)25(24,20-7-3-1-4-8-20)21-9-5-2-6-10-21/h1-29H;5-17H,1-4H3;1-16H. The average molecular weight is 1500 g/mol. The quantitative estimate of drug-likeness (QED) is 0.0856.